The van der Waals surface area contributed by atoms with Gasteiger partial charge in [-0.1, -0.05) is 13.8 Å². The maximum Gasteiger partial charge on any atom is 0.0612 e. The summed E-state index contributed by atoms with van der Waals surface area (Å²) in [5, 5.41) is 0. The number of hydrogen-bond acceptors (Lipinski definition) is 2. The van der Waals surface area contributed by atoms with E-state index in [1.54, 1.807) is 0 Å². The molecule has 0 aliphatic rings. The first-order valence-electron chi connectivity index (χ1n) is 4.73. The number of rotatable bonds is 1. The minimum Gasteiger partial charge on any atom is -0.258 e. The quantitative estimate of drug-likeness (QED) is 0.594. The van der Waals surface area contributed by atoms with Crippen LogP contribution >= 0.6 is 0 Å². The molecule has 0 fully saturated rings. The smallest absolute Gasteiger partial charge is 0.0612 e. The second-order valence-corrected chi connectivity index (χ2v) is 2.48. The Kier molecular flexibility index (Phi) is 1.13. The normalized spacial score (nSPS) is 16.1. The Morgan fingerprint density at radius 1 is 1.40 bits per heavy atom. The molecule has 1 aromatic heterocycles. The highest BCUT2D eigenvalue weighted by Crippen LogP contribution is 2.08. The fourth-order valence-electron chi connectivity index (χ4n) is 0.636. The van der Waals surface area contributed by atoms with Crippen LogP contribution in [0, 0.1) is 6.85 Å². The van der Waals surface area contributed by atoms with Gasteiger partial charge in [0.2, 0.25) is 0 Å². The monoisotopic (exact) mass is 139 g/mol. The third-order valence-corrected chi connectivity index (χ3v) is 1.26. The van der Waals surface area contributed by atoms with E-state index in [0.29, 0.717) is 0 Å². The maximum atomic E-state index is 7.08. The van der Waals surface area contributed by atoms with Gasteiger partial charge in [0.05, 0.1) is 11.4 Å². The molecule has 0 amide bonds. The van der Waals surface area contributed by atoms with Crippen LogP contribution in [-0.2, 0) is 0 Å². The fraction of sp³-hybridized carbons (Fsp3) is 0.500. The summed E-state index contributed by atoms with van der Waals surface area (Å²) in [6.45, 7) is 1.82. The zero-order chi connectivity index (χ0) is 10.1. The lowest BCUT2D eigenvalue weighted by Gasteiger charge is -2.01. The maximum absolute atomic E-state index is 7.08. The molecule has 1 rings (SSSR count). The van der Waals surface area contributed by atoms with Gasteiger partial charge in [-0.25, -0.2) is 0 Å². The van der Waals surface area contributed by atoms with Gasteiger partial charge in [0.15, 0.2) is 0 Å². The van der Waals surface area contributed by atoms with Crippen molar-refractivity contribution in [1.82, 2.24) is 9.97 Å². The summed E-state index contributed by atoms with van der Waals surface area (Å²) in [5.41, 5.74) is 0.866. The van der Waals surface area contributed by atoms with Crippen molar-refractivity contribution >= 4 is 0 Å². The molecule has 0 unspecified atom stereocenters. The Morgan fingerprint density at radius 2 is 2.20 bits per heavy atom. The van der Waals surface area contributed by atoms with Gasteiger partial charge in [0, 0.05) is 16.5 Å². The van der Waals surface area contributed by atoms with Crippen molar-refractivity contribution in [3.8, 4) is 0 Å². The van der Waals surface area contributed by atoms with Crippen LogP contribution in [0.4, 0.5) is 0 Å². The molecule has 0 spiro atoms. The largest absolute Gasteiger partial charge is 0.258 e. The highest BCUT2D eigenvalue weighted by Gasteiger charge is 1.98. The predicted octanol–water partition coefficient (Wildman–Crippen LogP) is 1.91. The van der Waals surface area contributed by atoms with Crippen LogP contribution in [0.5, 0.6) is 0 Å². The highest BCUT2D eigenvalue weighted by molar-refractivity contribution is 5.03. The predicted molar refractivity (Wildman–Crippen MR) is 40.9 cm³/mol. The van der Waals surface area contributed by atoms with E-state index < -0.39 is 6.85 Å². The first-order valence-corrected chi connectivity index (χ1v) is 3.23. The average molecular weight is 139 g/mol. The van der Waals surface area contributed by atoms with E-state index in [-0.39, 0.29) is 11.6 Å². The molecule has 0 aliphatic heterocycles. The molecule has 54 valence electrons. The summed E-state index contributed by atoms with van der Waals surface area (Å²) in [4.78, 5) is 7.87. The summed E-state index contributed by atoms with van der Waals surface area (Å²) in [6, 6.07) is 0. The summed E-state index contributed by atoms with van der Waals surface area (Å²) in [5.74, 6) is 0.276. The van der Waals surface area contributed by atoms with Crippen LogP contribution in [0.2, 0.25) is 0 Å². The molecular weight excluding hydrogens is 124 g/mol. The summed E-state index contributed by atoms with van der Waals surface area (Å²) < 4.78 is 21.2. The second-order valence-electron chi connectivity index (χ2n) is 2.48. The van der Waals surface area contributed by atoms with Crippen molar-refractivity contribution in [2.45, 2.75) is 26.6 Å². The van der Waals surface area contributed by atoms with Gasteiger partial charge in [-0.3, -0.25) is 9.97 Å². The van der Waals surface area contributed by atoms with Crippen LogP contribution in [0.1, 0.15) is 35.3 Å². The number of aryl methyl sites for hydroxylation is 1. The van der Waals surface area contributed by atoms with Gasteiger partial charge < -0.3 is 0 Å². The third kappa shape index (κ3) is 1.53. The molecule has 0 saturated heterocycles. The Hall–Kier alpha value is -0.920. The molecule has 2 heteroatoms. The van der Waals surface area contributed by atoms with Crippen molar-refractivity contribution in [3.63, 3.8) is 0 Å². The summed E-state index contributed by atoms with van der Waals surface area (Å²) in [7, 11) is 0. The summed E-state index contributed by atoms with van der Waals surface area (Å²) >= 11 is 0. The van der Waals surface area contributed by atoms with Crippen molar-refractivity contribution in [2.24, 2.45) is 0 Å². The van der Waals surface area contributed by atoms with Gasteiger partial charge >= 0.3 is 0 Å². The molecular formula is C8H12N2. The van der Waals surface area contributed by atoms with Crippen LogP contribution in [0.3, 0.4) is 0 Å². The number of aromatic nitrogens is 2. The Bertz CT molecular complexity index is 276. The van der Waals surface area contributed by atoms with Gasteiger partial charge in [0.1, 0.15) is 0 Å². The standard InChI is InChI=1S/C8H12N2/c1-6(2)8-5-9-7(3)4-10-8/h4-6H,1-3H3/i3D3. The van der Waals surface area contributed by atoms with Crippen molar-refractivity contribution in [3.05, 3.63) is 23.8 Å². The minimum absolute atomic E-state index is 0.0527. The Labute approximate surface area is 65.5 Å². The molecule has 0 aliphatic carbocycles. The van der Waals surface area contributed by atoms with Gasteiger partial charge in [-0.15, -0.1) is 0 Å². The minimum atomic E-state index is -2.15. The molecule has 0 radical (unpaired) electrons. The number of nitrogens with zero attached hydrogens (tertiary/aromatic N) is 2. The van der Waals surface area contributed by atoms with E-state index in [4.69, 9.17) is 4.11 Å². The second kappa shape index (κ2) is 2.78. The molecule has 0 bridgehead atoms. The summed E-state index contributed by atoms with van der Waals surface area (Å²) in [6.07, 6.45) is 2.84. The molecule has 0 saturated carbocycles. The van der Waals surface area contributed by atoms with E-state index in [1.165, 1.54) is 12.4 Å². The van der Waals surface area contributed by atoms with Gasteiger partial charge in [0.25, 0.3) is 0 Å². The molecule has 1 heterocycles. The zero-order valence-corrected chi connectivity index (χ0v) is 6.13. The van der Waals surface area contributed by atoms with Crippen LogP contribution in [0.15, 0.2) is 12.4 Å². The van der Waals surface area contributed by atoms with Crippen LogP contribution < -0.4 is 0 Å². The lowest BCUT2D eigenvalue weighted by Crippen LogP contribution is -1.93. The van der Waals surface area contributed by atoms with Gasteiger partial charge in [-0.2, -0.15) is 0 Å². The fourth-order valence-corrected chi connectivity index (χ4v) is 0.636. The molecule has 1 aromatic rings. The van der Waals surface area contributed by atoms with Crippen molar-refractivity contribution in [1.29, 1.82) is 0 Å². The Balaban J connectivity index is 2.94. The zero-order valence-electron chi connectivity index (χ0n) is 9.13. The Morgan fingerprint density at radius 3 is 2.60 bits per heavy atom. The molecule has 2 nitrogen and oxygen atoms in total. The van der Waals surface area contributed by atoms with E-state index in [0.717, 1.165) is 5.69 Å². The lowest BCUT2D eigenvalue weighted by molar-refractivity contribution is 0.807. The first-order chi connectivity index (χ1) is 5.91. The molecule has 0 atom stereocenters. The number of hydrogen-bond donors (Lipinski definition) is 0. The highest BCUT2D eigenvalue weighted by atomic mass is 14.8. The van der Waals surface area contributed by atoms with Crippen LogP contribution in [0.25, 0.3) is 0 Å². The van der Waals surface area contributed by atoms with E-state index >= 15 is 0 Å². The SMILES string of the molecule is [2H]C([2H])([2H])c1cnc(C(C)C)cn1. The average Bonchev–Trinajstić information content (AvgIpc) is 2.03. The lowest BCUT2D eigenvalue weighted by atomic mass is 10.1. The molecule has 0 N–H and O–H groups in total. The van der Waals surface area contributed by atoms with Gasteiger partial charge in [-0.05, 0) is 12.8 Å². The molecule has 10 heavy (non-hydrogen) atoms. The third-order valence-electron chi connectivity index (χ3n) is 1.26. The van der Waals surface area contributed by atoms with E-state index in [1.807, 2.05) is 13.8 Å². The van der Waals surface area contributed by atoms with E-state index in [2.05, 4.69) is 9.97 Å². The topological polar surface area (TPSA) is 25.8 Å². The van der Waals surface area contributed by atoms with E-state index in [9.17, 15) is 0 Å². The first kappa shape index (κ1) is 4.06. The van der Waals surface area contributed by atoms with Crippen molar-refractivity contribution < 1.29 is 4.11 Å². The molecule has 0 aromatic carbocycles. The van der Waals surface area contributed by atoms with Crippen molar-refractivity contribution in [2.75, 3.05) is 0 Å². The van der Waals surface area contributed by atoms with Crippen LogP contribution in [-0.4, -0.2) is 9.97 Å².